The lowest BCUT2D eigenvalue weighted by Crippen LogP contribution is -2.48. The lowest BCUT2D eigenvalue weighted by molar-refractivity contribution is -0.121. The van der Waals surface area contributed by atoms with Gasteiger partial charge < -0.3 is 15.4 Å². The molecule has 1 heterocycles. The number of hydrogen-bond acceptors (Lipinski definition) is 3. The minimum absolute atomic E-state index is 0. The summed E-state index contributed by atoms with van der Waals surface area (Å²) in [6.45, 7) is 2.28. The molecular weight excluding hydrogens is 302 g/mol. The minimum Gasteiger partial charge on any atom is -0.433 e. The maximum Gasteiger partial charge on any atom is 0.387 e. The van der Waals surface area contributed by atoms with Crippen LogP contribution in [-0.2, 0) is 4.79 Å². The van der Waals surface area contributed by atoms with Crippen molar-refractivity contribution < 1.29 is 18.3 Å². The molecule has 0 radical (unpaired) electrons. The van der Waals surface area contributed by atoms with Crippen LogP contribution in [0, 0.1) is 18.8 Å². The highest BCUT2D eigenvalue weighted by molar-refractivity contribution is 5.94. The molecule has 1 aromatic carbocycles. The number of carbonyl (C=O) groups is 1. The lowest BCUT2D eigenvalue weighted by atomic mass is 9.88. The zero-order valence-electron chi connectivity index (χ0n) is 11.9. The van der Waals surface area contributed by atoms with Gasteiger partial charge in [-0.1, -0.05) is 19.1 Å². The maximum atomic E-state index is 12.4. The molecule has 0 saturated carbocycles. The number of rotatable bonds is 5. The van der Waals surface area contributed by atoms with Gasteiger partial charge in [0.05, 0.1) is 5.69 Å². The van der Waals surface area contributed by atoms with Crippen LogP contribution in [0.4, 0.5) is 14.5 Å². The molecule has 1 fully saturated rings. The average molecular weight is 321 g/mol. The number of amides is 1. The van der Waals surface area contributed by atoms with E-state index in [0.717, 1.165) is 13.1 Å². The molecule has 1 amide bonds. The van der Waals surface area contributed by atoms with Crippen LogP contribution in [-0.4, -0.2) is 25.6 Å². The molecule has 7 heteroatoms. The van der Waals surface area contributed by atoms with Crippen LogP contribution in [0.3, 0.4) is 0 Å². The number of para-hydroxylation sites is 1. The van der Waals surface area contributed by atoms with Gasteiger partial charge >= 0.3 is 6.61 Å². The van der Waals surface area contributed by atoms with E-state index in [1.807, 2.05) is 6.92 Å². The van der Waals surface area contributed by atoms with Crippen LogP contribution in [0.25, 0.3) is 0 Å². The molecule has 1 aliphatic rings. The van der Waals surface area contributed by atoms with Gasteiger partial charge in [0.1, 0.15) is 5.75 Å². The number of anilines is 1. The smallest absolute Gasteiger partial charge is 0.387 e. The SMILES string of the molecule is Cc1cccc(OC(F)F)c1NC(=O)C(C)C1CNC1.Cl. The van der Waals surface area contributed by atoms with Crippen LogP contribution in [0.2, 0.25) is 0 Å². The Bertz CT molecular complexity index is 496. The first kappa shape index (κ1) is 17.7. The third-order valence-corrected chi connectivity index (χ3v) is 3.63. The fourth-order valence-corrected chi connectivity index (χ4v) is 2.11. The van der Waals surface area contributed by atoms with E-state index in [9.17, 15) is 13.6 Å². The van der Waals surface area contributed by atoms with E-state index < -0.39 is 6.61 Å². The van der Waals surface area contributed by atoms with Gasteiger partial charge in [-0.05, 0) is 37.6 Å². The van der Waals surface area contributed by atoms with Gasteiger partial charge in [0.15, 0.2) is 0 Å². The number of benzene rings is 1. The molecule has 0 aliphatic carbocycles. The van der Waals surface area contributed by atoms with Gasteiger partial charge in [0.25, 0.3) is 0 Å². The summed E-state index contributed by atoms with van der Waals surface area (Å²) in [5, 5.41) is 5.81. The van der Waals surface area contributed by atoms with Crippen molar-refractivity contribution in [2.45, 2.75) is 20.5 Å². The predicted octanol–water partition coefficient (Wildman–Crippen LogP) is 2.81. The lowest BCUT2D eigenvalue weighted by Gasteiger charge is -2.32. The summed E-state index contributed by atoms with van der Waals surface area (Å²) in [5.41, 5.74) is 1.01. The van der Waals surface area contributed by atoms with Crippen LogP contribution >= 0.6 is 12.4 Å². The summed E-state index contributed by atoms with van der Waals surface area (Å²) in [6, 6.07) is 4.77. The van der Waals surface area contributed by atoms with Crippen LogP contribution < -0.4 is 15.4 Å². The number of nitrogens with one attached hydrogen (secondary N) is 2. The quantitative estimate of drug-likeness (QED) is 0.877. The largest absolute Gasteiger partial charge is 0.433 e. The van der Waals surface area contributed by atoms with Crippen LogP contribution in [0.1, 0.15) is 12.5 Å². The van der Waals surface area contributed by atoms with Crippen molar-refractivity contribution in [2.24, 2.45) is 11.8 Å². The molecule has 118 valence electrons. The summed E-state index contributed by atoms with van der Waals surface area (Å²) in [7, 11) is 0. The molecule has 1 saturated heterocycles. The monoisotopic (exact) mass is 320 g/mol. The molecule has 21 heavy (non-hydrogen) atoms. The highest BCUT2D eigenvalue weighted by Gasteiger charge is 2.29. The van der Waals surface area contributed by atoms with Crippen molar-refractivity contribution >= 4 is 24.0 Å². The highest BCUT2D eigenvalue weighted by Crippen LogP contribution is 2.30. The fraction of sp³-hybridized carbons (Fsp3) is 0.500. The first-order chi connectivity index (χ1) is 9.49. The molecule has 1 unspecified atom stereocenters. The number of ether oxygens (including phenoxy) is 1. The number of hydrogen-bond donors (Lipinski definition) is 2. The highest BCUT2D eigenvalue weighted by atomic mass is 35.5. The predicted molar refractivity (Wildman–Crippen MR) is 79.2 cm³/mol. The Kier molecular flexibility index (Phi) is 6.36. The van der Waals surface area contributed by atoms with E-state index in [1.165, 1.54) is 6.07 Å². The van der Waals surface area contributed by atoms with Gasteiger partial charge in [-0.3, -0.25) is 4.79 Å². The molecule has 1 atom stereocenters. The Morgan fingerprint density at radius 2 is 2.10 bits per heavy atom. The third kappa shape index (κ3) is 4.28. The Morgan fingerprint density at radius 3 is 2.62 bits per heavy atom. The maximum absolute atomic E-state index is 12.4. The standard InChI is InChI=1S/C14H18F2N2O2.ClH/c1-8-4-3-5-11(20-14(15)16)12(8)18-13(19)9(2)10-6-17-7-10;/h3-5,9-10,14,17H,6-7H2,1-2H3,(H,18,19);1H. The van der Waals surface area contributed by atoms with Crippen molar-refractivity contribution in [3.8, 4) is 5.75 Å². The zero-order chi connectivity index (χ0) is 14.7. The number of alkyl halides is 2. The number of aryl methyl sites for hydroxylation is 1. The molecule has 1 aliphatic heterocycles. The van der Waals surface area contributed by atoms with E-state index >= 15 is 0 Å². The number of carbonyl (C=O) groups excluding carboxylic acids is 1. The Labute approximate surface area is 128 Å². The topological polar surface area (TPSA) is 50.4 Å². The molecule has 0 aromatic heterocycles. The van der Waals surface area contributed by atoms with Gasteiger partial charge in [0, 0.05) is 5.92 Å². The van der Waals surface area contributed by atoms with E-state index in [4.69, 9.17) is 0 Å². The van der Waals surface area contributed by atoms with E-state index in [1.54, 1.807) is 19.1 Å². The zero-order valence-corrected chi connectivity index (χ0v) is 12.7. The summed E-state index contributed by atoms with van der Waals surface area (Å²) < 4.78 is 29.2. The Morgan fingerprint density at radius 1 is 1.43 bits per heavy atom. The van der Waals surface area contributed by atoms with Crippen molar-refractivity contribution in [3.63, 3.8) is 0 Å². The summed E-state index contributed by atoms with van der Waals surface area (Å²) in [4.78, 5) is 12.2. The normalized spacial score (nSPS) is 15.9. The fourth-order valence-electron chi connectivity index (χ4n) is 2.11. The second-order valence-corrected chi connectivity index (χ2v) is 5.02. The molecule has 0 bridgehead atoms. The van der Waals surface area contributed by atoms with Crippen molar-refractivity contribution in [1.82, 2.24) is 5.32 Å². The Hall–Kier alpha value is -1.40. The second-order valence-electron chi connectivity index (χ2n) is 5.02. The summed E-state index contributed by atoms with van der Waals surface area (Å²) in [5.74, 6) is -0.0639. The van der Waals surface area contributed by atoms with Crippen LogP contribution in [0.15, 0.2) is 18.2 Å². The van der Waals surface area contributed by atoms with Crippen molar-refractivity contribution in [1.29, 1.82) is 0 Å². The first-order valence-corrected chi connectivity index (χ1v) is 6.55. The van der Waals surface area contributed by atoms with E-state index in [-0.39, 0.29) is 30.0 Å². The molecular formula is C14H19ClF2N2O2. The van der Waals surface area contributed by atoms with Crippen molar-refractivity contribution in [2.75, 3.05) is 18.4 Å². The molecule has 2 rings (SSSR count). The average Bonchev–Trinajstić information content (AvgIpc) is 2.30. The van der Waals surface area contributed by atoms with E-state index in [2.05, 4.69) is 15.4 Å². The molecule has 4 nitrogen and oxygen atoms in total. The third-order valence-electron chi connectivity index (χ3n) is 3.63. The van der Waals surface area contributed by atoms with Crippen LogP contribution in [0.5, 0.6) is 5.75 Å². The molecule has 2 N–H and O–H groups in total. The minimum atomic E-state index is -2.92. The second kappa shape index (κ2) is 7.56. The van der Waals surface area contributed by atoms with Gasteiger partial charge in [0.2, 0.25) is 5.91 Å². The molecule has 0 spiro atoms. The summed E-state index contributed by atoms with van der Waals surface area (Å²) in [6.07, 6.45) is 0. The van der Waals surface area contributed by atoms with Gasteiger partial charge in [-0.2, -0.15) is 8.78 Å². The number of halogens is 3. The molecule has 1 aromatic rings. The first-order valence-electron chi connectivity index (χ1n) is 6.55. The summed E-state index contributed by atoms with van der Waals surface area (Å²) >= 11 is 0. The Balaban J connectivity index is 0.00000220. The van der Waals surface area contributed by atoms with E-state index in [0.29, 0.717) is 17.2 Å². The van der Waals surface area contributed by atoms with Crippen molar-refractivity contribution in [3.05, 3.63) is 23.8 Å². The van der Waals surface area contributed by atoms with Gasteiger partial charge in [-0.25, -0.2) is 0 Å². The van der Waals surface area contributed by atoms with Gasteiger partial charge in [-0.15, -0.1) is 12.4 Å².